The molecule has 0 amide bonds. The summed E-state index contributed by atoms with van der Waals surface area (Å²) in [4.78, 5) is 10.3. The minimum Gasteiger partial charge on any atom is -0.480 e. The van der Waals surface area contributed by atoms with Crippen molar-refractivity contribution in [2.24, 2.45) is 11.7 Å². The fraction of sp³-hybridized carbons (Fsp3) is 0.889. The molecule has 1 aliphatic carbocycles. The molecule has 0 heterocycles. The van der Waals surface area contributed by atoms with E-state index in [0.29, 0.717) is 6.42 Å². The van der Waals surface area contributed by atoms with Gasteiger partial charge in [0.1, 0.15) is 6.04 Å². The molecular weight excluding hydrogens is 154 g/mol. The molecule has 0 saturated heterocycles. The Morgan fingerprint density at radius 1 is 1.58 bits per heavy atom. The summed E-state index contributed by atoms with van der Waals surface area (Å²) in [5.41, 5.74) is 5.36. The first-order valence-corrected chi connectivity index (χ1v) is 4.68. The van der Waals surface area contributed by atoms with Gasteiger partial charge in [-0.2, -0.15) is 0 Å². The van der Waals surface area contributed by atoms with Gasteiger partial charge in [-0.15, -0.1) is 0 Å². The summed E-state index contributed by atoms with van der Waals surface area (Å²) in [6.45, 7) is 0. The Balaban J connectivity index is 1.97. The molecule has 1 unspecified atom stereocenters. The normalized spacial score (nSPS) is 20.1. The van der Waals surface area contributed by atoms with E-state index in [9.17, 15) is 4.79 Å². The molecule has 1 fully saturated rings. The van der Waals surface area contributed by atoms with Gasteiger partial charge in [0, 0.05) is 0 Å². The van der Waals surface area contributed by atoms with Crippen LogP contribution in [0.4, 0.5) is 0 Å². The molecule has 1 atom stereocenters. The average Bonchev–Trinajstić information content (AvgIpc) is 1.93. The highest BCUT2D eigenvalue weighted by Gasteiger charge is 2.18. The Morgan fingerprint density at radius 2 is 2.25 bits per heavy atom. The van der Waals surface area contributed by atoms with Crippen LogP contribution in [0.15, 0.2) is 0 Å². The summed E-state index contributed by atoms with van der Waals surface area (Å²) in [5, 5.41) is 8.49. The lowest BCUT2D eigenvalue weighted by Gasteiger charge is -2.25. The Labute approximate surface area is 72.9 Å². The SMILES string of the molecule is NC(CCCC1CCC1)C(=O)O. The fourth-order valence-electron chi connectivity index (χ4n) is 1.53. The van der Waals surface area contributed by atoms with Crippen LogP contribution in [0.25, 0.3) is 0 Å². The molecule has 0 aromatic rings. The van der Waals surface area contributed by atoms with Gasteiger partial charge in [-0.25, -0.2) is 0 Å². The Morgan fingerprint density at radius 3 is 2.67 bits per heavy atom. The molecular formula is C9H17NO2. The third-order valence-corrected chi connectivity index (χ3v) is 2.67. The van der Waals surface area contributed by atoms with Crippen LogP contribution in [0.5, 0.6) is 0 Å². The highest BCUT2D eigenvalue weighted by atomic mass is 16.4. The average molecular weight is 171 g/mol. The van der Waals surface area contributed by atoms with Gasteiger partial charge < -0.3 is 10.8 Å². The first kappa shape index (κ1) is 9.52. The standard InChI is InChI=1S/C9H17NO2/c10-8(9(11)12)6-2-5-7-3-1-4-7/h7-8H,1-6,10H2,(H,11,12). The van der Waals surface area contributed by atoms with Crippen LogP contribution in [-0.4, -0.2) is 17.1 Å². The van der Waals surface area contributed by atoms with E-state index in [1.54, 1.807) is 0 Å². The lowest BCUT2D eigenvalue weighted by Crippen LogP contribution is -2.30. The molecule has 3 N–H and O–H groups in total. The van der Waals surface area contributed by atoms with Gasteiger partial charge >= 0.3 is 5.97 Å². The molecule has 1 aliphatic rings. The number of nitrogens with two attached hydrogens (primary N) is 1. The number of carbonyl (C=O) groups is 1. The quantitative estimate of drug-likeness (QED) is 0.656. The summed E-state index contributed by atoms with van der Waals surface area (Å²) in [7, 11) is 0. The third-order valence-electron chi connectivity index (χ3n) is 2.67. The van der Waals surface area contributed by atoms with Crippen LogP contribution in [0.3, 0.4) is 0 Å². The molecule has 0 spiro atoms. The second-order valence-corrected chi connectivity index (χ2v) is 3.67. The molecule has 0 aromatic heterocycles. The Kier molecular flexibility index (Phi) is 3.53. The second kappa shape index (κ2) is 4.45. The molecule has 12 heavy (non-hydrogen) atoms. The zero-order valence-corrected chi connectivity index (χ0v) is 7.33. The number of hydrogen-bond acceptors (Lipinski definition) is 2. The van der Waals surface area contributed by atoms with Crippen molar-refractivity contribution in [1.82, 2.24) is 0 Å². The van der Waals surface area contributed by atoms with Crippen LogP contribution in [0.1, 0.15) is 38.5 Å². The molecule has 1 saturated carbocycles. The fourth-order valence-corrected chi connectivity index (χ4v) is 1.53. The summed E-state index contributed by atoms with van der Waals surface area (Å²) in [5.74, 6) is -0.00500. The minimum atomic E-state index is -0.872. The lowest BCUT2D eigenvalue weighted by molar-refractivity contribution is -0.138. The van der Waals surface area contributed by atoms with Crippen molar-refractivity contribution in [3.8, 4) is 0 Å². The Hall–Kier alpha value is -0.570. The Bertz CT molecular complexity index is 155. The van der Waals surface area contributed by atoms with E-state index < -0.39 is 12.0 Å². The van der Waals surface area contributed by atoms with Crippen molar-refractivity contribution in [3.05, 3.63) is 0 Å². The molecule has 0 radical (unpaired) electrons. The molecule has 0 aliphatic heterocycles. The van der Waals surface area contributed by atoms with E-state index in [0.717, 1.165) is 12.3 Å². The number of carboxylic acids is 1. The molecule has 3 nitrogen and oxygen atoms in total. The van der Waals surface area contributed by atoms with Gasteiger partial charge in [0.2, 0.25) is 0 Å². The molecule has 3 heteroatoms. The smallest absolute Gasteiger partial charge is 0.320 e. The maximum Gasteiger partial charge on any atom is 0.320 e. The van der Waals surface area contributed by atoms with Gasteiger partial charge in [-0.1, -0.05) is 32.1 Å². The van der Waals surface area contributed by atoms with Crippen LogP contribution in [0.2, 0.25) is 0 Å². The second-order valence-electron chi connectivity index (χ2n) is 3.67. The molecule has 70 valence electrons. The van der Waals surface area contributed by atoms with Gasteiger partial charge in [-0.3, -0.25) is 4.79 Å². The number of carboxylic acid groups (broad SMARTS) is 1. The maximum absolute atomic E-state index is 10.3. The molecule has 0 bridgehead atoms. The first-order chi connectivity index (χ1) is 5.70. The van der Waals surface area contributed by atoms with Gasteiger partial charge in [0.05, 0.1) is 0 Å². The number of aliphatic carboxylic acids is 1. The van der Waals surface area contributed by atoms with Crippen LogP contribution in [-0.2, 0) is 4.79 Å². The lowest BCUT2D eigenvalue weighted by atomic mass is 9.81. The summed E-state index contributed by atoms with van der Waals surface area (Å²) < 4.78 is 0. The predicted octanol–water partition coefficient (Wildman–Crippen LogP) is 1.37. The number of hydrogen-bond donors (Lipinski definition) is 2. The van der Waals surface area contributed by atoms with Crippen molar-refractivity contribution in [2.45, 2.75) is 44.6 Å². The van der Waals surface area contributed by atoms with E-state index in [1.165, 1.54) is 25.7 Å². The zero-order chi connectivity index (χ0) is 8.97. The monoisotopic (exact) mass is 171 g/mol. The molecule has 1 rings (SSSR count). The van der Waals surface area contributed by atoms with Crippen molar-refractivity contribution in [2.75, 3.05) is 0 Å². The zero-order valence-electron chi connectivity index (χ0n) is 7.33. The van der Waals surface area contributed by atoms with E-state index in [4.69, 9.17) is 10.8 Å². The van der Waals surface area contributed by atoms with E-state index >= 15 is 0 Å². The van der Waals surface area contributed by atoms with Crippen molar-refractivity contribution in [3.63, 3.8) is 0 Å². The minimum absolute atomic E-state index is 0.631. The van der Waals surface area contributed by atoms with Crippen LogP contribution < -0.4 is 5.73 Å². The van der Waals surface area contributed by atoms with E-state index in [2.05, 4.69) is 0 Å². The predicted molar refractivity (Wildman–Crippen MR) is 46.8 cm³/mol. The van der Waals surface area contributed by atoms with Gasteiger partial charge in [0.15, 0.2) is 0 Å². The highest BCUT2D eigenvalue weighted by molar-refractivity contribution is 5.72. The summed E-state index contributed by atoms with van der Waals surface area (Å²) in [6, 6.07) is -0.648. The van der Waals surface area contributed by atoms with Crippen LogP contribution >= 0.6 is 0 Å². The summed E-state index contributed by atoms with van der Waals surface area (Å²) >= 11 is 0. The third kappa shape index (κ3) is 2.81. The topological polar surface area (TPSA) is 63.3 Å². The largest absolute Gasteiger partial charge is 0.480 e. The van der Waals surface area contributed by atoms with Crippen molar-refractivity contribution in [1.29, 1.82) is 0 Å². The van der Waals surface area contributed by atoms with Gasteiger partial charge in [0.25, 0.3) is 0 Å². The van der Waals surface area contributed by atoms with Crippen LogP contribution in [0, 0.1) is 5.92 Å². The van der Waals surface area contributed by atoms with Crippen molar-refractivity contribution >= 4 is 5.97 Å². The van der Waals surface area contributed by atoms with E-state index in [-0.39, 0.29) is 0 Å². The number of rotatable bonds is 5. The first-order valence-electron chi connectivity index (χ1n) is 4.68. The van der Waals surface area contributed by atoms with Gasteiger partial charge in [-0.05, 0) is 12.3 Å². The highest BCUT2D eigenvalue weighted by Crippen LogP contribution is 2.30. The maximum atomic E-state index is 10.3. The summed E-state index contributed by atoms with van der Waals surface area (Å²) in [6.07, 6.45) is 6.80. The van der Waals surface area contributed by atoms with Crippen molar-refractivity contribution < 1.29 is 9.90 Å². The van der Waals surface area contributed by atoms with E-state index in [1.807, 2.05) is 0 Å². The molecule has 0 aromatic carbocycles.